The summed E-state index contributed by atoms with van der Waals surface area (Å²) in [6.45, 7) is 4.04. The van der Waals surface area contributed by atoms with Crippen LogP contribution in [0, 0.1) is 5.82 Å². The maximum absolute atomic E-state index is 13.7. The first kappa shape index (κ1) is 17.2. The Morgan fingerprint density at radius 1 is 1.15 bits per heavy atom. The molecule has 1 atom stereocenters. The smallest absolute Gasteiger partial charge is 0.263 e. The van der Waals surface area contributed by atoms with Gasteiger partial charge in [0.1, 0.15) is 12.1 Å². The first-order valence-electron chi connectivity index (χ1n) is 8.74. The van der Waals surface area contributed by atoms with Crippen molar-refractivity contribution in [1.82, 2.24) is 24.7 Å². The van der Waals surface area contributed by atoms with Gasteiger partial charge >= 0.3 is 0 Å². The van der Waals surface area contributed by atoms with Crippen LogP contribution in [-0.2, 0) is 4.79 Å². The van der Waals surface area contributed by atoms with Gasteiger partial charge in [0.05, 0.1) is 0 Å². The number of benzene rings is 1. The highest BCUT2D eigenvalue weighted by molar-refractivity contribution is 5.81. The fourth-order valence-electron chi connectivity index (χ4n) is 3.08. The molecule has 4 rings (SSSR count). The zero-order valence-electron chi connectivity index (χ0n) is 14.8. The second kappa shape index (κ2) is 7.18. The molecule has 1 aliphatic heterocycles. The van der Waals surface area contributed by atoms with E-state index in [4.69, 9.17) is 4.74 Å². The zero-order chi connectivity index (χ0) is 18.8. The Morgan fingerprint density at radius 3 is 2.70 bits per heavy atom. The number of carbonyl (C=O) groups is 1. The molecular weight excluding hydrogens is 351 g/mol. The first-order valence-corrected chi connectivity index (χ1v) is 8.74. The number of para-hydroxylation sites is 1. The highest BCUT2D eigenvalue weighted by Gasteiger charge is 2.27. The van der Waals surface area contributed by atoms with Crippen LogP contribution in [0.25, 0.3) is 5.65 Å². The lowest BCUT2D eigenvalue weighted by Gasteiger charge is -2.36. The molecule has 0 saturated carbocycles. The first-order chi connectivity index (χ1) is 13.1. The third kappa shape index (κ3) is 3.53. The van der Waals surface area contributed by atoms with Crippen molar-refractivity contribution in [1.29, 1.82) is 0 Å². The van der Waals surface area contributed by atoms with Gasteiger partial charge in [0, 0.05) is 26.2 Å². The molecule has 27 heavy (non-hydrogen) atoms. The van der Waals surface area contributed by atoms with Gasteiger partial charge in [0.25, 0.3) is 5.91 Å². The number of carbonyl (C=O) groups excluding carboxylic acids is 1. The number of amides is 1. The average molecular weight is 370 g/mol. The van der Waals surface area contributed by atoms with Crippen molar-refractivity contribution in [3.63, 3.8) is 0 Å². The fraction of sp³-hybridized carbons (Fsp3) is 0.333. The lowest BCUT2D eigenvalue weighted by atomic mass is 10.2. The number of hydrogen-bond acceptors (Lipinski definition) is 6. The van der Waals surface area contributed by atoms with Gasteiger partial charge < -0.3 is 14.5 Å². The predicted octanol–water partition coefficient (Wildman–Crippen LogP) is 1.38. The fourth-order valence-corrected chi connectivity index (χ4v) is 3.08. The molecule has 140 valence electrons. The topological polar surface area (TPSA) is 75.9 Å². The van der Waals surface area contributed by atoms with E-state index in [0.29, 0.717) is 31.8 Å². The third-order valence-corrected chi connectivity index (χ3v) is 4.55. The molecule has 1 aromatic carbocycles. The van der Waals surface area contributed by atoms with E-state index in [9.17, 15) is 9.18 Å². The zero-order valence-corrected chi connectivity index (χ0v) is 14.8. The Morgan fingerprint density at radius 2 is 1.93 bits per heavy atom. The SMILES string of the molecule is CC(Oc1ccccc1F)C(=O)N1CCN(c2ccc3nncn3n2)CC1. The van der Waals surface area contributed by atoms with Crippen LogP contribution < -0.4 is 9.64 Å². The van der Waals surface area contributed by atoms with Crippen LogP contribution in [-0.4, -0.2) is 62.9 Å². The number of aromatic nitrogens is 4. The van der Waals surface area contributed by atoms with E-state index < -0.39 is 11.9 Å². The van der Waals surface area contributed by atoms with Crippen LogP contribution >= 0.6 is 0 Å². The van der Waals surface area contributed by atoms with Gasteiger partial charge in [-0.15, -0.1) is 15.3 Å². The van der Waals surface area contributed by atoms with Gasteiger partial charge in [-0.1, -0.05) is 12.1 Å². The Bertz CT molecular complexity index is 954. The molecule has 2 aromatic heterocycles. The second-order valence-electron chi connectivity index (χ2n) is 6.33. The van der Waals surface area contributed by atoms with Crippen molar-refractivity contribution in [2.75, 3.05) is 31.1 Å². The van der Waals surface area contributed by atoms with Gasteiger partial charge in [0.2, 0.25) is 0 Å². The van der Waals surface area contributed by atoms with Gasteiger partial charge in [-0.25, -0.2) is 4.39 Å². The van der Waals surface area contributed by atoms with E-state index in [1.54, 1.807) is 34.8 Å². The van der Waals surface area contributed by atoms with Gasteiger partial charge in [-0.3, -0.25) is 4.79 Å². The molecule has 1 aliphatic rings. The third-order valence-electron chi connectivity index (χ3n) is 4.55. The van der Waals surface area contributed by atoms with Crippen LogP contribution in [0.3, 0.4) is 0 Å². The Balaban J connectivity index is 1.36. The van der Waals surface area contributed by atoms with Crippen molar-refractivity contribution in [3.05, 3.63) is 48.5 Å². The summed E-state index contributed by atoms with van der Waals surface area (Å²) in [6, 6.07) is 9.84. The largest absolute Gasteiger partial charge is 0.478 e. The van der Waals surface area contributed by atoms with Crippen molar-refractivity contribution in [2.45, 2.75) is 13.0 Å². The summed E-state index contributed by atoms with van der Waals surface area (Å²) < 4.78 is 20.8. The number of anilines is 1. The number of nitrogens with zero attached hydrogens (tertiary/aromatic N) is 6. The van der Waals surface area contributed by atoms with E-state index in [0.717, 1.165) is 5.82 Å². The maximum Gasteiger partial charge on any atom is 0.263 e. The molecule has 0 bridgehead atoms. The molecule has 1 amide bonds. The van der Waals surface area contributed by atoms with Gasteiger partial charge in [-0.2, -0.15) is 4.52 Å². The minimum absolute atomic E-state index is 0.0865. The van der Waals surface area contributed by atoms with Crippen LogP contribution in [0.15, 0.2) is 42.7 Å². The lowest BCUT2D eigenvalue weighted by Crippen LogP contribution is -2.52. The monoisotopic (exact) mass is 370 g/mol. The van der Waals surface area contributed by atoms with E-state index in [2.05, 4.69) is 20.2 Å². The normalized spacial score (nSPS) is 15.8. The maximum atomic E-state index is 13.7. The van der Waals surface area contributed by atoms with Crippen molar-refractivity contribution in [3.8, 4) is 5.75 Å². The summed E-state index contributed by atoms with van der Waals surface area (Å²) in [5, 5.41) is 12.2. The van der Waals surface area contributed by atoms with Crippen molar-refractivity contribution >= 4 is 17.4 Å². The summed E-state index contributed by atoms with van der Waals surface area (Å²) in [5.41, 5.74) is 0.687. The highest BCUT2D eigenvalue weighted by atomic mass is 19.1. The number of hydrogen-bond donors (Lipinski definition) is 0. The summed E-state index contributed by atoms with van der Waals surface area (Å²) in [4.78, 5) is 16.5. The van der Waals surface area contributed by atoms with Crippen LogP contribution in [0.1, 0.15) is 6.92 Å². The van der Waals surface area contributed by atoms with E-state index in [1.165, 1.54) is 12.1 Å². The standard InChI is InChI=1S/C18H19FN6O2/c1-13(27-15-5-3-2-4-14(15)19)18(26)24-10-8-23(9-11-24)17-7-6-16-21-20-12-25(16)22-17/h2-7,12-13H,8-11H2,1H3. The number of ether oxygens (including phenoxy) is 1. The highest BCUT2D eigenvalue weighted by Crippen LogP contribution is 2.19. The number of rotatable bonds is 4. The molecular formula is C18H19FN6O2. The number of piperazine rings is 1. The molecule has 0 aliphatic carbocycles. The molecule has 3 aromatic rings. The summed E-state index contributed by atoms with van der Waals surface area (Å²) in [6.07, 6.45) is 0.806. The molecule has 0 spiro atoms. The number of fused-ring (bicyclic) bond motifs is 1. The van der Waals surface area contributed by atoms with Crippen LogP contribution in [0.2, 0.25) is 0 Å². The van der Waals surface area contributed by atoms with Crippen molar-refractivity contribution < 1.29 is 13.9 Å². The summed E-state index contributed by atoms with van der Waals surface area (Å²) >= 11 is 0. The van der Waals surface area contributed by atoms with Crippen LogP contribution in [0.4, 0.5) is 10.2 Å². The number of halogens is 1. The minimum atomic E-state index is -0.750. The van der Waals surface area contributed by atoms with Crippen LogP contribution in [0.5, 0.6) is 5.75 Å². The van der Waals surface area contributed by atoms with E-state index in [1.807, 2.05) is 12.1 Å². The lowest BCUT2D eigenvalue weighted by molar-refractivity contribution is -0.138. The van der Waals surface area contributed by atoms with Gasteiger partial charge in [-0.05, 0) is 31.2 Å². The van der Waals surface area contributed by atoms with Gasteiger partial charge in [0.15, 0.2) is 23.3 Å². The van der Waals surface area contributed by atoms with E-state index in [-0.39, 0.29) is 11.7 Å². The summed E-state index contributed by atoms with van der Waals surface area (Å²) in [5.74, 6) is 0.269. The minimum Gasteiger partial charge on any atom is -0.478 e. The molecule has 1 unspecified atom stereocenters. The Kier molecular flexibility index (Phi) is 4.57. The molecule has 0 radical (unpaired) electrons. The average Bonchev–Trinajstić information content (AvgIpc) is 3.17. The molecule has 9 heteroatoms. The summed E-state index contributed by atoms with van der Waals surface area (Å²) in [7, 11) is 0. The second-order valence-corrected chi connectivity index (χ2v) is 6.33. The Labute approximate surface area is 155 Å². The molecule has 1 saturated heterocycles. The molecule has 1 fully saturated rings. The quantitative estimate of drug-likeness (QED) is 0.691. The molecule has 0 N–H and O–H groups in total. The molecule has 8 nitrogen and oxygen atoms in total. The Hall–Kier alpha value is -3.23. The molecule has 3 heterocycles. The predicted molar refractivity (Wildman–Crippen MR) is 96.1 cm³/mol. The van der Waals surface area contributed by atoms with Crippen molar-refractivity contribution in [2.24, 2.45) is 0 Å². The van der Waals surface area contributed by atoms with E-state index >= 15 is 0 Å².